The van der Waals surface area contributed by atoms with Crippen LogP contribution < -0.4 is 15.0 Å². The molecule has 3 aromatic rings. The topological polar surface area (TPSA) is 101 Å². The third-order valence-corrected chi connectivity index (χ3v) is 5.60. The Morgan fingerprint density at radius 2 is 1.91 bits per heavy atom. The van der Waals surface area contributed by atoms with Crippen LogP contribution in [0.25, 0.3) is 22.0 Å². The van der Waals surface area contributed by atoms with Gasteiger partial charge in [0, 0.05) is 39.5 Å². The highest BCUT2D eigenvalue weighted by Gasteiger charge is 2.24. The van der Waals surface area contributed by atoms with Gasteiger partial charge in [-0.3, -0.25) is 9.78 Å². The third-order valence-electron chi connectivity index (χ3n) is 4.93. The fourth-order valence-corrected chi connectivity index (χ4v) is 3.76. The summed E-state index contributed by atoms with van der Waals surface area (Å²) in [6.07, 6.45) is 2.69. The first kappa shape index (κ1) is 23.5. The van der Waals surface area contributed by atoms with Crippen molar-refractivity contribution in [2.45, 2.75) is 33.1 Å². The number of methoxy groups -OCH3 is 1. The van der Waals surface area contributed by atoms with Gasteiger partial charge in [-0.1, -0.05) is 32.6 Å². The minimum absolute atomic E-state index is 0.0000289. The number of fused-ring (bicyclic) bond motifs is 1. The van der Waals surface area contributed by atoms with Crippen molar-refractivity contribution in [3.8, 4) is 28.7 Å². The van der Waals surface area contributed by atoms with Crippen LogP contribution in [0.3, 0.4) is 0 Å². The van der Waals surface area contributed by atoms with Gasteiger partial charge >= 0.3 is 0 Å². The molecule has 2 heterocycles. The number of hydrogen-bond acceptors (Lipinski definition) is 5. The molecule has 0 aliphatic carbocycles. The van der Waals surface area contributed by atoms with Gasteiger partial charge in [0.2, 0.25) is 10.0 Å². The van der Waals surface area contributed by atoms with E-state index in [2.05, 4.69) is 47.3 Å². The fourth-order valence-electron chi connectivity index (χ4n) is 3.42. The van der Waals surface area contributed by atoms with Crippen molar-refractivity contribution in [3.63, 3.8) is 0 Å². The molecule has 0 unspecified atom stereocenters. The Morgan fingerprint density at radius 1 is 1.19 bits per heavy atom. The zero-order chi connectivity index (χ0) is 23.7. The molecule has 7 nitrogen and oxygen atoms in total. The molecule has 0 aliphatic rings. The zero-order valence-electron chi connectivity index (χ0n) is 19.1. The lowest BCUT2D eigenvalue weighted by Crippen LogP contribution is -2.21. The van der Waals surface area contributed by atoms with E-state index in [-0.39, 0.29) is 17.5 Å². The Balaban J connectivity index is 2.27. The fraction of sp³-hybridized carbons (Fsp3) is 0.333. The first-order valence-electron chi connectivity index (χ1n) is 10.1. The number of aryl methyl sites for hydroxylation is 1. The lowest BCUT2D eigenvalue weighted by molar-refractivity contribution is 0.402. The van der Waals surface area contributed by atoms with E-state index in [1.807, 2.05) is 25.1 Å². The van der Waals surface area contributed by atoms with Gasteiger partial charge < -0.3 is 9.72 Å². The standard InChI is InChI=1S/C24H27N3O4S/c1-15-9-10-17(23(28)27-15)18-13-20(24(2,3)4)22(31-5)19-12-16(14-25-21(18)19)8-7-11-26-32(6,29)30/h9-10,12-14,26H,11H2,1-6H3,(H,27,28). The number of sulfonamides is 1. The second kappa shape index (κ2) is 8.77. The highest BCUT2D eigenvalue weighted by atomic mass is 32.2. The number of hydrogen-bond donors (Lipinski definition) is 2. The van der Waals surface area contributed by atoms with Gasteiger partial charge in [-0.25, -0.2) is 13.1 Å². The van der Waals surface area contributed by atoms with Crippen LogP contribution in [0, 0.1) is 18.8 Å². The Hall–Kier alpha value is -3.15. The van der Waals surface area contributed by atoms with Gasteiger partial charge in [-0.2, -0.15) is 0 Å². The normalized spacial score (nSPS) is 11.8. The number of pyridine rings is 2. The van der Waals surface area contributed by atoms with Crippen LogP contribution in [-0.2, 0) is 15.4 Å². The molecule has 0 fully saturated rings. The molecule has 0 saturated heterocycles. The monoisotopic (exact) mass is 453 g/mol. The van der Waals surface area contributed by atoms with E-state index in [0.29, 0.717) is 28.0 Å². The van der Waals surface area contributed by atoms with Crippen molar-refractivity contribution in [1.82, 2.24) is 14.7 Å². The van der Waals surface area contributed by atoms with E-state index in [4.69, 9.17) is 4.74 Å². The number of benzene rings is 1. The number of H-pyrrole nitrogens is 1. The van der Waals surface area contributed by atoms with Gasteiger partial charge in [0.05, 0.1) is 25.4 Å². The molecule has 0 aliphatic heterocycles. The van der Waals surface area contributed by atoms with Crippen LogP contribution in [0.2, 0.25) is 0 Å². The zero-order valence-corrected chi connectivity index (χ0v) is 19.9. The maximum absolute atomic E-state index is 12.7. The van der Waals surface area contributed by atoms with Gasteiger partial charge in [0.15, 0.2) is 0 Å². The van der Waals surface area contributed by atoms with Crippen molar-refractivity contribution in [2.75, 3.05) is 19.9 Å². The van der Waals surface area contributed by atoms with Gasteiger partial charge in [0.25, 0.3) is 5.56 Å². The van der Waals surface area contributed by atoms with E-state index in [9.17, 15) is 13.2 Å². The molecule has 8 heteroatoms. The summed E-state index contributed by atoms with van der Waals surface area (Å²) < 4.78 is 30.6. The number of aromatic amines is 1. The summed E-state index contributed by atoms with van der Waals surface area (Å²) in [7, 11) is -1.70. The van der Waals surface area contributed by atoms with E-state index in [1.54, 1.807) is 19.4 Å². The molecule has 0 amide bonds. The molecule has 0 saturated carbocycles. The lowest BCUT2D eigenvalue weighted by Gasteiger charge is -2.24. The molecule has 0 radical (unpaired) electrons. The maximum atomic E-state index is 12.7. The number of nitrogens with zero attached hydrogens (tertiary/aromatic N) is 1. The largest absolute Gasteiger partial charge is 0.496 e. The summed E-state index contributed by atoms with van der Waals surface area (Å²) in [5, 5.41) is 0.734. The number of nitrogens with one attached hydrogen (secondary N) is 2. The molecule has 0 spiro atoms. The second-order valence-corrected chi connectivity index (χ2v) is 10.5. The van der Waals surface area contributed by atoms with Gasteiger partial charge in [-0.05, 0) is 36.6 Å². The van der Waals surface area contributed by atoms with Crippen LogP contribution >= 0.6 is 0 Å². The van der Waals surface area contributed by atoms with E-state index < -0.39 is 10.0 Å². The van der Waals surface area contributed by atoms with Gasteiger partial charge in [-0.15, -0.1) is 0 Å². The summed E-state index contributed by atoms with van der Waals surface area (Å²) in [6.45, 7) is 8.06. The quantitative estimate of drug-likeness (QED) is 0.591. The first-order chi connectivity index (χ1) is 14.9. The summed E-state index contributed by atoms with van der Waals surface area (Å²) in [4.78, 5) is 20.2. The molecule has 2 N–H and O–H groups in total. The van der Waals surface area contributed by atoms with E-state index in [1.165, 1.54) is 0 Å². The van der Waals surface area contributed by atoms with E-state index in [0.717, 1.165) is 22.9 Å². The molecular weight excluding hydrogens is 426 g/mol. The van der Waals surface area contributed by atoms with Crippen molar-refractivity contribution >= 4 is 20.9 Å². The third kappa shape index (κ3) is 5.18. The summed E-state index contributed by atoms with van der Waals surface area (Å²) in [5.41, 5.74) is 3.75. The Morgan fingerprint density at radius 3 is 2.50 bits per heavy atom. The van der Waals surface area contributed by atoms with Crippen molar-refractivity contribution in [1.29, 1.82) is 0 Å². The summed E-state index contributed by atoms with van der Waals surface area (Å²) in [6, 6.07) is 7.48. The molecular formula is C24H27N3O4S. The molecule has 168 valence electrons. The Labute approximate surface area is 188 Å². The highest BCUT2D eigenvalue weighted by molar-refractivity contribution is 7.88. The maximum Gasteiger partial charge on any atom is 0.256 e. The smallest absolute Gasteiger partial charge is 0.256 e. The SMILES string of the molecule is COc1c(C(C)(C)C)cc(-c2ccc(C)[nH]c2=O)c2ncc(C#CCNS(C)(=O)=O)cc12. The van der Waals surface area contributed by atoms with Crippen molar-refractivity contribution in [2.24, 2.45) is 0 Å². The molecule has 0 atom stereocenters. The number of rotatable bonds is 4. The average molecular weight is 454 g/mol. The predicted molar refractivity (Wildman–Crippen MR) is 128 cm³/mol. The second-order valence-electron chi connectivity index (χ2n) is 8.65. The highest BCUT2D eigenvalue weighted by Crippen LogP contribution is 2.41. The Bertz CT molecular complexity index is 1410. The van der Waals surface area contributed by atoms with Crippen LogP contribution in [0.15, 0.2) is 35.3 Å². The average Bonchev–Trinajstić information content (AvgIpc) is 2.68. The lowest BCUT2D eigenvalue weighted by atomic mass is 9.83. The van der Waals surface area contributed by atoms with Crippen LogP contribution in [0.1, 0.15) is 37.6 Å². The predicted octanol–water partition coefficient (Wildman–Crippen LogP) is 3.11. The Kier molecular flexibility index (Phi) is 6.44. The molecule has 1 aromatic carbocycles. The molecule has 2 aromatic heterocycles. The van der Waals surface area contributed by atoms with E-state index >= 15 is 0 Å². The molecule has 0 bridgehead atoms. The molecule has 3 rings (SSSR count). The molecule has 32 heavy (non-hydrogen) atoms. The number of ether oxygens (including phenoxy) is 1. The summed E-state index contributed by atoms with van der Waals surface area (Å²) in [5.74, 6) is 6.40. The van der Waals surface area contributed by atoms with Crippen molar-refractivity contribution < 1.29 is 13.2 Å². The van der Waals surface area contributed by atoms with Crippen LogP contribution in [0.5, 0.6) is 5.75 Å². The van der Waals surface area contributed by atoms with Crippen LogP contribution in [0.4, 0.5) is 0 Å². The first-order valence-corrected chi connectivity index (χ1v) is 11.9. The minimum atomic E-state index is -3.31. The minimum Gasteiger partial charge on any atom is -0.496 e. The van der Waals surface area contributed by atoms with Crippen LogP contribution in [-0.4, -0.2) is 38.3 Å². The summed E-state index contributed by atoms with van der Waals surface area (Å²) >= 11 is 0. The van der Waals surface area contributed by atoms with Crippen molar-refractivity contribution in [3.05, 3.63) is 57.6 Å². The van der Waals surface area contributed by atoms with Gasteiger partial charge in [0.1, 0.15) is 5.75 Å². The number of aromatic nitrogens is 2.